The number of hydrogen-bond donors (Lipinski definition) is 0. The first-order valence-electron chi connectivity index (χ1n) is 7.80. The van der Waals surface area contributed by atoms with Gasteiger partial charge in [0.25, 0.3) is 0 Å². The van der Waals surface area contributed by atoms with Crippen LogP contribution in [0, 0.1) is 13.8 Å². The molecule has 124 valence electrons. The van der Waals surface area contributed by atoms with Gasteiger partial charge >= 0.3 is 0 Å². The van der Waals surface area contributed by atoms with Crippen molar-refractivity contribution in [2.45, 2.75) is 32.5 Å². The van der Waals surface area contributed by atoms with Gasteiger partial charge in [0.1, 0.15) is 0 Å². The van der Waals surface area contributed by atoms with Crippen molar-refractivity contribution in [3.8, 4) is 11.6 Å². The lowest BCUT2D eigenvalue weighted by Crippen LogP contribution is -2.07. The molecule has 5 nitrogen and oxygen atoms in total. The van der Waals surface area contributed by atoms with Crippen molar-refractivity contribution in [2.75, 3.05) is 5.75 Å². The van der Waals surface area contributed by atoms with Gasteiger partial charge in [-0.25, -0.2) is 0 Å². The van der Waals surface area contributed by atoms with E-state index in [4.69, 9.17) is 4.42 Å². The Morgan fingerprint density at radius 3 is 2.79 bits per heavy atom. The maximum Gasteiger partial charge on any atom is 0.200 e. The first-order chi connectivity index (χ1) is 11.6. The van der Waals surface area contributed by atoms with Crippen LogP contribution in [0.4, 0.5) is 0 Å². The second-order valence-electron chi connectivity index (χ2n) is 5.56. The number of Topliss-reactive ketones (excluding diaryl/α,β-unsaturated/α-hetero) is 1. The summed E-state index contributed by atoms with van der Waals surface area (Å²) >= 11 is 1.41. The molecule has 0 saturated heterocycles. The third-order valence-electron chi connectivity index (χ3n) is 3.80. The fraction of sp³-hybridized carbons (Fsp3) is 0.278. The number of carbonyl (C=O) groups is 1. The van der Waals surface area contributed by atoms with Gasteiger partial charge in [-0.3, -0.25) is 9.36 Å². The third kappa shape index (κ3) is 3.28. The van der Waals surface area contributed by atoms with Crippen molar-refractivity contribution < 1.29 is 9.21 Å². The molecular formula is C18H19N3O2S. The highest BCUT2D eigenvalue weighted by atomic mass is 32.2. The van der Waals surface area contributed by atoms with Crippen LogP contribution in [0.2, 0.25) is 0 Å². The molecule has 0 aliphatic heterocycles. The Kier molecular flexibility index (Phi) is 4.85. The Bertz CT molecular complexity index is 853. The van der Waals surface area contributed by atoms with Crippen molar-refractivity contribution >= 4 is 17.5 Å². The van der Waals surface area contributed by atoms with E-state index in [9.17, 15) is 4.79 Å². The van der Waals surface area contributed by atoms with Gasteiger partial charge < -0.3 is 4.42 Å². The van der Waals surface area contributed by atoms with Gasteiger partial charge in [-0.2, -0.15) is 0 Å². The predicted octanol–water partition coefficient (Wildman–Crippen LogP) is 4.15. The zero-order valence-corrected chi connectivity index (χ0v) is 14.8. The summed E-state index contributed by atoms with van der Waals surface area (Å²) in [6, 6.07) is 9.61. The molecule has 0 unspecified atom stereocenters. The number of furan rings is 1. The number of benzene rings is 1. The second kappa shape index (κ2) is 7.05. The number of hydrogen-bond acceptors (Lipinski definition) is 5. The topological polar surface area (TPSA) is 60.9 Å². The predicted molar refractivity (Wildman–Crippen MR) is 94.4 cm³/mol. The van der Waals surface area contributed by atoms with E-state index in [-0.39, 0.29) is 5.78 Å². The van der Waals surface area contributed by atoms with E-state index in [2.05, 4.69) is 10.2 Å². The fourth-order valence-electron chi connectivity index (χ4n) is 2.51. The quantitative estimate of drug-likeness (QED) is 0.498. The standard InChI is InChI=1S/C18H19N3O2S/c1-4-21-17(16-6-5-9-23-16)19-20-18(21)24-11-15(22)14-10-12(2)7-8-13(14)3/h5-10H,4,11H2,1-3H3. The second-order valence-corrected chi connectivity index (χ2v) is 6.50. The van der Waals surface area contributed by atoms with Gasteiger partial charge in [0.15, 0.2) is 22.5 Å². The molecule has 0 radical (unpaired) electrons. The van der Waals surface area contributed by atoms with Crippen molar-refractivity contribution in [3.05, 3.63) is 53.3 Å². The SMILES string of the molecule is CCn1c(SCC(=O)c2cc(C)ccc2C)nnc1-c1ccco1. The molecule has 0 aliphatic rings. The van der Waals surface area contributed by atoms with Crippen LogP contribution in [0.25, 0.3) is 11.6 Å². The summed E-state index contributed by atoms with van der Waals surface area (Å²) in [7, 11) is 0. The van der Waals surface area contributed by atoms with E-state index in [0.717, 1.165) is 21.8 Å². The van der Waals surface area contributed by atoms with E-state index in [1.165, 1.54) is 11.8 Å². The van der Waals surface area contributed by atoms with Crippen LogP contribution in [0.1, 0.15) is 28.4 Å². The Morgan fingerprint density at radius 2 is 2.08 bits per heavy atom. The summed E-state index contributed by atoms with van der Waals surface area (Å²) in [5.74, 6) is 1.80. The van der Waals surface area contributed by atoms with Crippen LogP contribution >= 0.6 is 11.8 Å². The van der Waals surface area contributed by atoms with Gasteiger partial charge in [-0.15, -0.1) is 10.2 Å². The molecule has 3 rings (SSSR count). The van der Waals surface area contributed by atoms with Crippen LogP contribution in [0.3, 0.4) is 0 Å². The van der Waals surface area contributed by atoms with Crippen LogP contribution in [-0.4, -0.2) is 26.3 Å². The average molecular weight is 341 g/mol. The highest BCUT2D eigenvalue weighted by molar-refractivity contribution is 7.99. The van der Waals surface area contributed by atoms with Gasteiger partial charge in [0, 0.05) is 12.1 Å². The molecule has 0 atom stereocenters. The first-order valence-corrected chi connectivity index (χ1v) is 8.79. The van der Waals surface area contributed by atoms with E-state index in [1.54, 1.807) is 6.26 Å². The number of nitrogens with zero attached hydrogens (tertiary/aromatic N) is 3. The number of thioether (sulfide) groups is 1. The van der Waals surface area contributed by atoms with Crippen LogP contribution < -0.4 is 0 Å². The van der Waals surface area contributed by atoms with Crippen LogP contribution in [0.15, 0.2) is 46.2 Å². The minimum absolute atomic E-state index is 0.103. The maximum absolute atomic E-state index is 12.5. The maximum atomic E-state index is 12.5. The average Bonchev–Trinajstić information content (AvgIpc) is 3.23. The summed E-state index contributed by atoms with van der Waals surface area (Å²) in [4.78, 5) is 12.5. The molecule has 0 N–H and O–H groups in total. The number of carbonyl (C=O) groups excluding carboxylic acids is 1. The zero-order chi connectivity index (χ0) is 17.1. The summed E-state index contributed by atoms with van der Waals surface area (Å²) in [6.45, 7) is 6.68. The van der Waals surface area contributed by atoms with E-state index in [0.29, 0.717) is 23.9 Å². The Hall–Kier alpha value is -2.34. The Labute approximate surface area is 145 Å². The van der Waals surface area contributed by atoms with Gasteiger partial charge in [-0.1, -0.05) is 29.5 Å². The fourth-order valence-corrected chi connectivity index (χ4v) is 3.40. The van der Waals surface area contributed by atoms with Gasteiger partial charge in [0.05, 0.1) is 12.0 Å². The molecule has 0 amide bonds. The zero-order valence-electron chi connectivity index (χ0n) is 13.9. The normalized spacial score (nSPS) is 11.0. The first kappa shape index (κ1) is 16.5. The summed E-state index contributed by atoms with van der Waals surface area (Å²) < 4.78 is 7.36. The minimum atomic E-state index is 0.103. The molecule has 0 aliphatic carbocycles. The van der Waals surface area contributed by atoms with Gasteiger partial charge in [0.2, 0.25) is 0 Å². The highest BCUT2D eigenvalue weighted by Gasteiger charge is 2.17. The smallest absolute Gasteiger partial charge is 0.200 e. The molecule has 1 aromatic carbocycles. The molecule has 24 heavy (non-hydrogen) atoms. The number of aryl methyl sites for hydroxylation is 2. The molecule has 0 bridgehead atoms. The third-order valence-corrected chi connectivity index (χ3v) is 4.77. The molecular weight excluding hydrogens is 322 g/mol. The Balaban J connectivity index is 1.77. The van der Waals surface area contributed by atoms with Crippen molar-refractivity contribution in [1.82, 2.24) is 14.8 Å². The molecule has 0 fully saturated rings. The minimum Gasteiger partial charge on any atom is -0.461 e. The summed E-state index contributed by atoms with van der Waals surface area (Å²) in [5.41, 5.74) is 2.86. The van der Waals surface area contributed by atoms with Crippen molar-refractivity contribution in [1.29, 1.82) is 0 Å². The van der Waals surface area contributed by atoms with E-state index in [1.807, 2.05) is 55.7 Å². The molecule has 3 aromatic rings. The molecule has 6 heteroatoms. The molecule has 2 heterocycles. The highest BCUT2D eigenvalue weighted by Crippen LogP contribution is 2.25. The van der Waals surface area contributed by atoms with Crippen molar-refractivity contribution in [3.63, 3.8) is 0 Å². The summed E-state index contributed by atoms with van der Waals surface area (Å²) in [5, 5.41) is 9.14. The van der Waals surface area contributed by atoms with E-state index < -0.39 is 0 Å². The van der Waals surface area contributed by atoms with Gasteiger partial charge in [-0.05, 0) is 44.5 Å². The molecule has 0 saturated carbocycles. The molecule has 2 aromatic heterocycles. The molecule has 0 spiro atoms. The Morgan fingerprint density at radius 1 is 1.25 bits per heavy atom. The lowest BCUT2D eigenvalue weighted by molar-refractivity contribution is 0.102. The number of ketones is 1. The van der Waals surface area contributed by atoms with E-state index >= 15 is 0 Å². The van der Waals surface area contributed by atoms with Crippen LogP contribution in [-0.2, 0) is 6.54 Å². The monoisotopic (exact) mass is 341 g/mol. The lowest BCUT2D eigenvalue weighted by Gasteiger charge is -2.07. The van der Waals surface area contributed by atoms with Crippen molar-refractivity contribution in [2.24, 2.45) is 0 Å². The lowest BCUT2D eigenvalue weighted by atomic mass is 10.0. The summed E-state index contributed by atoms with van der Waals surface area (Å²) in [6.07, 6.45) is 1.61. The number of aromatic nitrogens is 3. The number of rotatable bonds is 6. The largest absolute Gasteiger partial charge is 0.461 e. The van der Waals surface area contributed by atoms with Crippen LogP contribution in [0.5, 0.6) is 0 Å².